The van der Waals surface area contributed by atoms with Crippen LogP contribution < -0.4 is 10.5 Å². The Morgan fingerprint density at radius 1 is 1.33 bits per heavy atom. The van der Waals surface area contributed by atoms with Crippen molar-refractivity contribution in [3.63, 3.8) is 0 Å². The molecule has 21 heavy (non-hydrogen) atoms. The summed E-state index contributed by atoms with van der Waals surface area (Å²) < 4.78 is 26.3. The highest BCUT2D eigenvalue weighted by Crippen LogP contribution is 2.21. The second-order valence-corrected chi connectivity index (χ2v) is 6.23. The first-order valence-electron chi connectivity index (χ1n) is 5.88. The number of aryl methyl sites for hydroxylation is 1. The number of amides is 1. The van der Waals surface area contributed by atoms with Crippen molar-refractivity contribution >= 4 is 21.9 Å². The van der Waals surface area contributed by atoms with Crippen LogP contribution in [0.1, 0.15) is 21.5 Å². The van der Waals surface area contributed by atoms with E-state index in [-0.39, 0.29) is 10.5 Å². The number of carboxylic acids is 1. The summed E-state index contributed by atoms with van der Waals surface area (Å²) in [7, 11) is -4.08. The largest absolute Gasteiger partial charge is 0.478 e. The van der Waals surface area contributed by atoms with Gasteiger partial charge in [-0.1, -0.05) is 0 Å². The van der Waals surface area contributed by atoms with Crippen LogP contribution in [-0.4, -0.2) is 43.2 Å². The number of nitrogens with two attached hydrogens (primary N) is 1. The van der Waals surface area contributed by atoms with Gasteiger partial charge in [0.15, 0.2) is 0 Å². The van der Waals surface area contributed by atoms with Crippen molar-refractivity contribution in [3.8, 4) is 0 Å². The molecule has 0 saturated heterocycles. The van der Waals surface area contributed by atoms with Gasteiger partial charge in [-0.25, -0.2) is 17.9 Å². The minimum atomic E-state index is -4.08. The van der Waals surface area contributed by atoms with E-state index >= 15 is 0 Å². The lowest BCUT2D eigenvalue weighted by Crippen LogP contribution is -2.40. The minimum Gasteiger partial charge on any atom is -0.478 e. The smallest absolute Gasteiger partial charge is 0.335 e. The van der Waals surface area contributed by atoms with Crippen molar-refractivity contribution < 1.29 is 28.2 Å². The van der Waals surface area contributed by atoms with Crippen LogP contribution in [-0.2, 0) is 14.8 Å². The lowest BCUT2D eigenvalue weighted by atomic mass is 10.1. The van der Waals surface area contributed by atoms with Gasteiger partial charge in [0, 0.05) is 6.54 Å². The first-order valence-corrected chi connectivity index (χ1v) is 7.36. The van der Waals surface area contributed by atoms with Crippen LogP contribution in [0.15, 0.2) is 17.0 Å². The molecule has 0 fully saturated rings. The Balaban J connectivity index is 3.19. The molecular weight excluding hydrogens is 300 g/mol. The highest BCUT2D eigenvalue weighted by molar-refractivity contribution is 7.89. The Labute approximate surface area is 121 Å². The number of aliphatic hydroxyl groups is 1. The van der Waals surface area contributed by atoms with Crippen LogP contribution >= 0.6 is 0 Å². The normalized spacial score (nSPS) is 12.9. The van der Waals surface area contributed by atoms with E-state index in [1.54, 1.807) is 6.92 Å². The quantitative estimate of drug-likeness (QED) is 0.536. The number of carbonyl (C=O) groups is 2. The Hall–Kier alpha value is -1.97. The van der Waals surface area contributed by atoms with E-state index < -0.39 is 34.5 Å². The maximum Gasteiger partial charge on any atom is 0.335 e. The van der Waals surface area contributed by atoms with E-state index in [1.807, 2.05) is 4.72 Å². The predicted molar refractivity (Wildman–Crippen MR) is 73.3 cm³/mol. The fourth-order valence-electron chi connectivity index (χ4n) is 1.60. The predicted octanol–water partition coefficient (Wildman–Crippen LogP) is -0.874. The third kappa shape index (κ3) is 4.00. The molecule has 1 rings (SSSR count). The van der Waals surface area contributed by atoms with Gasteiger partial charge in [0.25, 0.3) is 0 Å². The van der Waals surface area contributed by atoms with E-state index in [4.69, 9.17) is 10.8 Å². The first kappa shape index (κ1) is 17.1. The zero-order chi connectivity index (χ0) is 16.4. The molecule has 9 heteroatoms. The topological polar surface area (TPSA) is 147 Å². The lowest BCUT2D eigenvalue weighted by Gasteiger charge is -2.13. The number of benzene rings is 1. The molecule has 1 atom stereocenters. The third-order valence-corrected chi connectivity index (χ3v) is 4.50. The fraction of sp³-hybridized carbons (Fsp3) is 0.333. The summed E-state index contributed by atoms with van der Waals surface area (Å²) >= 11 is 0. The molecule has 0 bridgehead atoms. The number of sulfonamides is 1. The van der Waals surface area contributed by atoms with Crippen LogP contribution in [0.25, 0.3) is 0 Å². The average molecular weight is 316 g/mol. The molecule has 0 spiro atoms. The van der Waals surface area contributed by atoms with Crippen LogP contribution in [0.5, 0.6) is 0 Å². The van der Waals surface area contributed by atoms with Gasteiger partial charge >= 0.3 is 5.97 Å². The molecule has 0 saturated carbocycles. The molecule has 5 N–H and O–H groups in total. The van der Waals surface area contributed by atoms with E-state index in [0.717, 1.165) is 6.07 Å². The van der Waals surface area contributed by atoms with E-state index in [0.29, 0.717) is 11.1 Å². The summed E-state index contributed by atoms with van der Waals surface area (Å²) in [6.45, 7) is 2.52. The van der Waals surface area contributed by atoms with Gasteiger partial charge in [-0.3, -0.25) is 4.79 Å². The number of carboxylic acid groups (broad SMARTS) is 1. The van der Waals surface area contributed by atoms with Crippen LogP contribution in [0.4, 0.5) is 0 Å². The molecule has 0 aliphatic carbocycles. The molecule has 0 aliphatic rings. The van der Waals surface area contributed by atoms with Gasteiger partial charge in [-0.15, -0.1) is 0 Å². The standard InChI is InChI=1S/C12H16N2O6S/c1-6-3-8(12(17)18)4-10(7(6)2)21(19,20)14-5-9(15)11(13)16/h3-4,9,14-15H,5H2,1-2H3,(H2,13,16)(H,17,18). The van der Waals surface area contributed by atoms with Crippen molar-refractivity contribution in [2.45, 2.75) is 24.8 Å². The SMILES string of the molecule is Cc1cc(C(=O)O)cc(S(=O)(=O)NCC(O)C(N)=O)c1C. The first-order chi connectivity index (χ1) is 9.56. The summed E-state index contributed by atoms with van der Waals surface area (Å²) in [6, 6.07) is 2.37. The molecule has 0 radical (unpaired) electrons. The number of hydrogen-bond acceptors (Lipinski definition) is 5. The van der Waals surface area contributed by atoms with Crippen LogP contribution in [0.2, 0.25) is 0 Å². The zero-order valence-corrected chi connectivity index (χ0v) is 12.3. The number of rotatable bonds is 6. The van der Waals surface area contributed by atoms with Gasteiger partial charge < -0.3 is 15.9 Å². The van der Waals surface area contributed by atoms with Crippen molar-refractivity contribution in [1.82, 2.24) is 4.72 Å². The Morgan fingerprint density at radius 2 is 1.90 bits per heavy atom. The lowest BCUT2D eigenvalue weighted by molar-refractivity contribution is -0.125. The van der Waals surface area contributed by atoms with Crippen LogP contribution in [0.3, 0.4) is 0 Å². The second-order valence-electron chi connectivity index (χ2n) is 4.49. The summed E-state index contributed by atoms with van der Waals surface area (Å²) in [5, 5.41) is 18.2. The number of primary amides is 1. The summed E-state index contributed by atoms with van der Waals surface area (Å²) in [5.41, 5.74) is 5.52. The monoisotopic (exact) mass is 316 g/mol. The third-order valence-electron chi connectivity index (χ3n) is 2.95. The summed E-state index contributed by atoms with van der Waals surface area (Å²) in [4.78, 5) is 21.4. The van der Waals surface area contributed by atoms with Gasteiger partial charge in [0.05, 0.1) is 10.5 Å². The van der Waals surface area contributed by atoms with Gasteiger partial charge in [0.2, 0.25) is 15.9 Å². The Morgan fingerprint density at radius 3 is 2.38 bits per heavy atom. The average Bonchev–Trinajstić information content (AvgIpc) is 2.38. The van der Waals surface area contributed by atoms with E-state index in [2.05, 4.69) is 0 Å². The van der Waals surface area contributed by atoms with Crippen molar-refractivity contribution in [2.24, 2.45) is 5.73 Å². The number of carbonyl (C=O) groups excluding carboxylic acids is 1. The number of aliphatic hydroxyl groups excluding tert-OH is 1. The van der Waals surface area contributed by atoms with Gasteiger partial charge in [-0.05, 0) is 37.1 Å². The van der Waals surface area contributed by atoms with Crippen molar-refractivity contribution in [1.29, 1.82) is 0 Å². The maximum absolute atomic E-state index is 12.1. The summed E-state index contributed by atoms with van der Waals surface area (Å²) in [5.74, 6) is -2.32. The number of hydrogen-bond donors (Lipinski definition) is 4. The molecule has 116 valence electrons. The molecule has 1 aromatic carbocycles. The highest BCUT2D eigenvalue weighted by Gasteiger charge is 2.22. The zero-order valence-electron chi connectivity index (χ0n) is 11.5. The maximum atomic E-state index is 12.1. The molecule has 8 nitrogen and oxygen atoms in total. The van der Waals surface area contributed by atoms with E-state index in [1.165, 1.54) is 13.0 Å². The molecule has 1 amide bonds. The molecular formula is C12H16N2O6S. The fourth-order valence-corrected chi connectivity index (χ4v) is 2.98. The molecule has 1 aromatic rings. The molecule has 1 unspecified atom stereocenters. The second kappa shape index (κ2) is 6.20. The molecule has 0 aromatic heterocycles. The van der Waals surface area contributed by atoms with Crippen molar-refractivity contribution in [2.75, 3.05) is 6.54 Å². The number of aromatic carboxylic acids is 1. The van der Waals surface area contributed by atoms with Gasteiger partial charge in [0.1, 0.15) is 6.10 Å². The minimum absolute atomic E-state index is 0.172. The van der Waals surface area contributed by atoms with E-state index in [9.17, 15) is 23.1 Å². The summed E-state index contributed by atoms with van der Waals surface area (Å²) in [6.07, 6.45) is -1.66. The number of nitrogens with one attached hydrogen (secondary N) is 1. The Bertz CT molecular complexity index is 683. The van der Waals surface area contributed by atoms with Gasteiger partial charge in [-0.2, -0.15) is 0 Å². The van der Waals surface area contributed by atoms with Crippen molar-refractivity contribution in [3.05, 3.63) is 28.8 Å². The Kier molecular flexibility index (Phi) is 5.05. The molecule has 0 heterocycles. The van der Waals surface area contributed by atoms with Crippen LogP contribution in [0, 0.1) is 13.8 Å². The highest BCUT2D eigenvalue weighted by atomic mass is 32.2. The molecule has 0 aliphatic heterocycles.